The largest absolute Gasteiger partial charge is 0.290 e. The quantitative estimate of drug-likeness (QED) is 0.381. The highest BCUT2D eigenvalue weighted by atomic mass is 31.1. The topological polar surface area (TPSA) is 3.24 Å². The predicted molar refractivity (Wildman–Crippen MR) is 140 cm³/mol. The van der Waals surface area contributed by atoms with Crippen LogP contribution in [0.2, 0.25) is 0 Å². The van der Waals surface area contributed by atoms with E-state index in [1.807, 2.05) is 0 Å². The lowest BCUT2D eigenvalue weighted by atomic mass is 9.55. The van der Waals surface area contributed by atoms with Crippen LogP contribution >= 0.6 is 7.92 Å². The molecule has 0 amide bonds. The summed E-state index contributed by atoms with van der Waals surface area (Å²) in [5, 5.41) is 1.84. The van der Waals surface area contributed by atoms with Crippen LogP contribution in [0.15, 0.2) is 24.3 Å². The van der Waals surface area contributed by atoms with Gasteiger partial charge in [-0.3, -0.25) is 4.90 Å². The third kappa shape index (κ3) is 3.09. The molecule has 8 bridgehead atoms. The summed E-state index contributed by atoms with van der Waals surface area (Å²) in [5.74, 6) is 6.56. The Morgan fingerprint density at radius 1 is 0.576 bits per heavy atom. The van der Waals surface area contributed by atoms with E-state index in [1.54, 1.807) is 77.0 Å². The minimum absolute atomic E-state index is 0.0463. The number of rotatable bonds is 4. The Morgan fingerprint density at radius 2 is 1.03 bits per heavy atom. The molecule has 0 radical (unpaired) electrons. The van der Waals surface area contributed by atoms with Gasteiger partial charge in [-0.15, -0.1) is 0 Å². The molecule has 8 saturated carbocycles. The molecule has 9 aliphatic carbocycles. The molecule has 33 heavy (non-hydrogen) atoms. The molecule has 0 N–H and O–H groups in total. The lowest BCUT2D eigenvalue weighted by molar-refractivity contribution is 0.0134. The van der Waals surface area contributed by atoms with Gasteiger partial charge in [-0.25, -0.2) is 0 Å². The third-order valence-corrected chi connectivity index (χ3v) is 16.7. The number of hydrogen-bond donors (Lipinski definition) is 0. The van der Waals surface area contributed by atoms with Gasteiger partial charge in [-0.05, 0) is 155 Å². The fourth-order valence-electron chi connectivity index (χ4n) is 12.4. The first-order chi connectivity index (χ1) is 16.1. The summed E-state index contributed by atoms with van der Waals surface area (Å²) in [7, 11) is -0.0463. The van der Waals surface area contributed by atoms with Gasteiger partial charge in [-0.1, -0.05) is 38.6 Å². The van der Waals surface area contributed by atoms with Crippen molar-refractivity contribution in [1.29, 1.82) is 0 Å². The molecular formula is C31H46NP. The van der Waals surface area contributed by atoms with E-state index < -0.39 is 0 Å². The Bertz CT molecular complexity index is 734. The Labute approximate surface area is 204 Å². The Hall–Kier alpha value is -0.130. The van der Waals surface area contributed by atoms with E-state index in [0.29, 0.717) is 5.28 Å². The summed E-state index contributed by atoms with van der Waals surface area (Å²) < 4.78 is 0. The van der Waals surface area contributed by atoms with Gasteiger partial charge >= 0.3 is 0 Å². The molecule has 2 heteroatoms. The van der Waals surface area contributed by atoms with Crippen molar-refractivity contribution in [3.05, 3.63) is 24.3 Å². The van der Waals surface area contributed by atoms with E-state index in [0.717, 1.165) is 45.8 Å². The maximum Gasteiger partial charge on any atom is 0.0636 e. The molecule has 1 aliphatic heterocycles. The number of allylic oxidation sites excluding steroid dienone is 2. The smallest absolute Gasteiger partial charge is 0.0636 e. The van der Waals surface area contributed by atoms with E-state index in [4.69, 9.17) is 0 Å². The van der Waals surface area contributed by atoms with Crippen LogP contribution in [0.1, 0.15) is 103 Å². The standard InChI is InChI=1S/C31H46NP/c1-3-7-31(8-4-1,32-9-5-2-6-10-32)33(29-17-23-11-24(18-29)13-25(12-23)19-29)30-20-26-14-27(21-30)16-28(15-26)22-30/h1,3-4,7,23-28H,2,5-6,8-22H2. The zero-order chi connectivity index (χ0) is 21.7. The summed E-state index contributed by atoms with van der Waals surface area (Å²) in [4.78, 5) is 3.12. The van der Waals surface area contributed by atoms with E-state index in [1.165, 1.54) is 38.8 Å². The number of likely N-dealkylation sites (tertiary alicyclic amines) is 1. The Balaban J connectivity index is 1.30. The van der Waals surface area contributed by atoms with E-state index in [2.05, 4.69) is 29.2 Å². The van der Waals surface area contributed by atoms with Gasteiger partial charge in [0.05, 0.1) is 5.28 Å². The Morgan fingerprint density at radius 3 is 1.42 bits per heavy atom. The summed E-state index contributed by atoms with van der Waals surface area (Å²) in [5.41, 5.74) is 0. The van der Waals surface area contributed by atoms with Gasteiger partial charge in [0.15, 0.2) is 0 Å². The SMILES string of the molecule is C1=CCC(N2CCCCC2)(P(C23CC4CC(CC(C4)C2)C3)C23CC4CC(CC(C4)C2)C3)C=C1. The zero-order valence-electron chi connectivity index (χ0n) is 20.9. The monoisotopic (exact) mass is 463 g/mol. The van der Waals surface area contributed by atoms with Gasteiger partial charge in [-0.2, -0.15) is 0 Å². The summed E-state index contributed by atoms with van der Waals surface area (Å²) in [6.45, 7) is 2.77. The van der Waals surface area contributed by atoms with Crippen LogP contribution in [0.5, 0.6) is 0 Å². The molecule has 10 aliphatic rings. The van der Waals surface area contributed by atoms with E-state index >= 15 is 0 Å². The van der Waals surface area contributed by atoms with Crippen LogP contribution in [0.25, 0.3) is 0 Å². The first kappa shape index (κ1) is 21.0. The molecule has 10 rings (SSSR count). The molecular weight excluding hydrogens is 417 g/mol. The van der Waals surface area contributed by atoms with Crippen molar-refractivity contribution in [1.82, 2.24) is 4.90 Å². The van der Waals surface area contributed by atoms with Crippen molar-refractivity contribution < 1.29 is 0 Å². The van der Waals surface area contributed by atoms with Crippen molar-refractivity contribution in [2.75, 3.05) is 13.1 Å². The van der Waals surface area contributed by atoms with Gasteiger partial charge < -0.3 is 0 Å². The molecule has 9 fully saturated rings. The molecule has 1 unspecified atom stereocenters. The van der Waals surface area contributed by atoms with Crippen LogP contribution < -0.4 is 0 Å². The number of hydrogen-bond acceptors (Lipinski definition) is 1. The first-order valence-electron chi connectivity index (χ1n) is 15.0. The minimum Gasteiger partial charge on any atom is -0.290 e. The zero-order valence-corrected chi connectivity index (χ0v) is 21.8. The average Bonchev–Trinajstić information content (AvgIpc) is 2.78. The van der Waals surface area contributed by atoms with Gasteiger partial charge in [0.1, 0.15) is 0 Å². The second-order valence-corrected chi connectivity index (χ2v) is 17.9. The van der Waals surface area contributed by atoms with E-state index in [-0.39, 0.29) is 7.92 Å². The lowest BCUT2D eigenvalue weighted by Gasteiger charge is -2.72. The molecule has 0 aromatic carbocycles. The summed E-state index contributed by atoms with van der Waals surface area (Å²) >= 11 is 0. The van der Waals surface area contributed by atoms with Crippen LogP contribution in [0, 0.1) is 35.5 Å². The van der Waals surface area contributed by atoms with Crippen LogP contribution in [-0.2, 0) is 0 Å². The second-order valence-electron chi connectivity index (χ2n) is 14.5. The molecule has 1 atom stereocenters. The van der Waals surface area contributed by atoms with Crippen LogP contribution in [0.4, 0.5) is 0 Å². The average molecular weight is 464 g/mol. The second kappa shape index (κ2) is 7.44. The molecule has 180 valence electrons. The van der Waals surface area contributed by atoms with Gasteiger partial charge in [0, 0.05) is 0 Å². The van der Waals surface area contributed by atoms with Crippen LogP contribution in [0.3, 0.4) is 0 Å². The summed E-state index contributed by atoms with van der Waals surface area (Å²) in [6.07, 6.45) is 35.6. The highest BCUT2D eigenvalue weighted by Crippen LogP contribution is 2.83. The van der Waals surface area contributed by atoms with E-state index in [9.17, 15) is 0 Å². The van der Waals surface area contributed by atoms with Crippen molar-refractivity contribution in [2.45, 2.75) is 118 Å². The maximum atomic E-state index is 3.12. The molecule has 1 heterocycles. The molecule has 1 saturated heterocycles. The highest BCUT2D eigenvalue weighted by Gasteiger charge is 2.67. The van der Waals surface area contributed by atoms with Gasteiger partial charge in [0.2, 0.25) is 0 Å². The highest BCUT2D eigenvalue weighted by molar-refractivity contribution is 7.62. The third-order valence-electron chi connectivity index (χ3n) is 12.3. The maximum absolute atomic E-state index is 3.12. The molecule has 0 aromatic heterocycles. The van der Waals surface area contributed by atoms with Crippen LogP contribution in [-0.4, -0.2) is 33.6 Å². The van der Waals surface area contributed by atoms with Gasteiger partial charge in [0.25, 0.3) is 0 Å². The number of piperidine rings is 1. The van der Waals surface area contributed by atoms with Crippen molar-refractivity contribution >= 4 is 7.92 Å². The molecule has 0 spiro atoms. The fourth-order valence-corrected chi connectivity index (χ4v) is 18.7. The predicted octanol–water partition coefficient (Wildman–Crippen LogP) is 8.10. The molecule has 1 nitrogen and oxygen atoms in total. The lowest BCUT2D eigenvalue weighted by Crippen LogP contribution is -2.63. The van der Waals surface area contributed by atoms with Crippen molar-refractivity contribution in [2.24, 2.45) is 35.5 Å². The first-order valence-corrected chi connectivity index (χ1v) is 16.4. The number of nitrogens with zero attached hydrogens (tertiary/aromatic N) is 1. The normalized spacial score (nSPS) is 55.4. The van der Waals surface area contributed by atoms with Crippen molar-refractivity contribution in [3.63, 3.8) is 0 Å². The summed E-state index contributed by atoms with van der Waals surface area (Å²) in [6, 6.07) is 0. The minimum atomic E-state index is -0.0463. The Kier molecular flexibility index (Phi) is 4.74. The fraction of sp³-hybridized carbons (Fsp3) is 0.871. The van der Waals surface area contributed by atoms with Crippen molar-refractivity contribution in [3.8, 4) is 0 Å². The molecule has 0 aromatic rings.